The summed E-state index contributed by atoms with van der Waals surface area (Å²) in [6.45, 7) is 16.3. The molecule has 4 heteroatoms. The zero-order valence-corrected chi connectivity index (χ0v) is 17.3. The van der Waals surface area contributed by atoms with Gasteiger partial charge in [-0.3, -0.25) is 4.79 Å². The van der Waals surface area contributed by atoms with E-state index in [0.29, 0.717) is 11.8 Å². The molecule has 0 saturated carbocycles. The molecular weight excluding hydrogens is 322 g/mol. The van der Waals surface area contributed by atoms with Crippen molar-refractivity contribution in [1.29, 1.82) is 5.26 Å². The fourth-order valence-electron chi connectivity index (χ4n) is 2.96. The predicted octanol–water partition coefficient (Wildman–Crippen LogP) is 5.08. The van der Waals surface area contributed by atoms with Gasteiger partial charge < -0.3 is 10.2 Å². The molecule has 1 rings (SSSR count). The third-order valence-electron chi connectivity index (χ3n) is 4.04. The standard InChI is InChI=1S/C22H33N3O/c1-15(2)12-25(13-16(3)4)14-19(11-23)22(26)24-21-18(7)9-8-10-20(21)17(5)6/h8-10,14-17H,12-13H2,1-7H3,(H,24,26)/b19-14-. The summed E-state index contributed by atoms with van der Waals surface area (Å²) in [5.41, 5.74) is 3.04. The van der Waals surface area contributed by atoms with E-state index in [1.165, 1.54) is 0 Å². The van der Waals surface area contributed by atoms with Crippen LogP contribution in [-0.4, -0.2) is 23.9 Å². The maximum Gasteiger partial charge on any atom is 0.267 e. The summed E-state index contributed by atoms with van der Waals surface area (Å²) in [6.07, 6.45) is 1.71. The van der Waals surface area contributed by atoms with Crippen LogP contribution >= 0.6 is 0 Å². The van der Waals surface area contributed by atoms with Gasteiger partial charge >= 0.3 is 0 Å². The van der Waals surface area contributed by atoms with E-state index < -0.39 is 0 Å². The highest BCUT2D eigenvalue weighted by Gasteiger charge is 2.17. The topological polar surface area (TPSA) is 56.1 Å². The van der Waals surface area contributed by atoms with E-state index in [1.807, 2.05) is 25.1 Å². The van der Waals surface area contributed by atoms with E-state index in [4.69, 9.17) is 0 Å². The molecule has 1 aromatic rings. The van der Waals surface area contributed by atoms with Crippen molar-refractivity contribution in [3.63, 3.8) is 0 Å². The number of carbonyl (C=O) groups is 1. The Morgan fingerprint density at radius 2 is 1.73 bits per heavy atom. The summed E-state index contributed by atoms with van der Waals surface area (Å²) in [7, 11) is 0. The van der Waals surface area contributed by atoms with Crippen molar-refractivity contribution in [1.82, 2.24) is 4.90 Å². The number of nitrogens with zero attached hydrogens (tertiary/aromatic N) is 2. The monoisotopic (exact) mass is 355 g/mol. The molecule has 142 valence electrons. The second kappa shape index (κ2) is 10.0. The molecule has 1 N–H and O–H groups in total. The van der Waals surface area contributed by atoms with Crippen molar-refractivity contribution in [2.24, 2.45) is 11.8 Å². The number of hydrogen-bond acceptors (Lipinski definition) is 3. The van der Waals surface area contributed by atoms with Crippen molar-refractivity contribution < 1.29 is 4.79 Å². The quantitative estimate of drug-likeness (QED) is 0.523. The van der Waals surface area contributed by atoms with E-state index in [-0.39, 0.29) is 17.4 Å². The first kappa shape index (κ1) is 21.8. The molecule has 0 bridgehead atoms. The second-order valence-electron chi connectivity index (χ2n) is 8.04. The van der Waals surface area contributed by atoms with Crippen molar-refractivity contribution in [2.45, 2.75) is 54.4 Å². The summed E-state index contributed by atoms with van der Waals surface area (Å²) in [5.74, 6) is 0.855. The van der Waals surface area contributed by atoms with Crippen LogP contribution in [0.15, 0.2) is 30.0 Å². The van der Waals surface area contributed by atoms with Crippen LogP contribution in [0.5, 0.6) is 0 Å². The first-order chi connectivity index (χ1) is 12.1. The molecule has 0 aliphatic carbocycles. The Hall–Kier alpha value is -2.28. The molecule has 0 aliphatic rings. The molecule has 26 heavy (non-hydrogen) atoms. The Bertz CT molecular complexity index is 671. The van der Waals surface area contributed by atoms with E-state index in [2.05, 4.69) is 57.8 Å². The number of nitriles is 1. The predicted molar refractivity (Wildman–Crippen MR) is 109 cm³/mol. The van der Waals surface area contributed by atoms with Crippen molar-refractivity contribution in [3.8, 4) is 6.07 Å². The summed E-state index contributed by atoms with van der Waals surface area (Å²) in [4.78, 5) is 14.8. The van der Waals surface area contributed by atoms with Gasteiger partial charge in [-0.15, -0.1) is 0 Å². The zero-order valence-electron chi connectivity index (χ0n) is 17.3. The van der Waals surface area contributed by atoms with Gasteiger partial charge in [0.25, 0.3) is 5.91 Å². The molecule has 0 spiro atoms. The molecular formula is C22H33N3O. The van der Waals surface area contributed by atoms with Gasteiger partial charge in [0.1, 0.15) is 11.6 Å². The first-order valence-corrected chi connectivity index (χ1v) is 9.42. The first-order valence-electron chi connectivity index (χ1n) is 9.42. The van der Waals surface area contributed by atoms with E-state index in [1.54, 1.807) is 6.20 Å². The number of nitrogens with one attached hydrogen (secondary N) is 1. The number of rotatable bonds is 8. The maximum absolute atomic E-state index is 12.7. The number of hydrogen-bond donors (Lipinski definition) is 1. The van der Waals surface area contributed by atoms with Crippen LogP contribution in [0, 0.1) is 30.1 Å². The molecule has 0 aliphatic heterocycles. The van der Waals surface area contributed by atoms with Crippen molar-refractivity contribution in [2.75, 3.05) is 18.4 Å². The summed E-state index contributed by atoms with van der Waals surface area (Å²) >= 11 is 0. The normalized spacial score (nSPS) is 11.8. The van der Waals surface area contributed by atoms with Gasteiger partial charge in [-0.1, -0.05) is 59.7 Å². The summed E-state index contributed by atoms with van der Waals surface area (Å²) in [6, 6.07) is 8.06. The highest BCUT2D eigenvalue weighted by Crippen LogP contribution is 2.27. The number of anilines is 1. The maximum atomic E-state index is 12.7. The van der Waals surface area contributed by atoms with E-state index in [0.717, 1.165) is 29.9 Å². The number of para-hydroxylation sites is 1. The Kier molecular flexibility index (Phi) is 8.38. The lowest BCUT2D eigenvalue weighted by Crippen LogP contribution is -2.28. The number of carbonyl (C=O) groups excluding carboxylic acids is 1. The summed E-state index contributed by atoms with van der Waals surface area (Å²) < 4.78 is 0. The fraction of sp³-hybridized carbons (Fsp3) is 0.545. The molecule has 0 unspecified atom stereocenters. The SMILES string of the molecule is Cc1cccc(C(C)C)c1NC(=O)/C(C#N)=C\N(CC(C)C)CC(C)C. The molecule has 1 aromatic carbocycles. The van der Waals surface area contributed by atoms with Gasteiger partial charge in [-0.2, -0.15) is 5.26 Å². The van der Waals surface area contributed by atoms with Gasteiger partial charge in [-0.05, 0) is 35.8 Å². The van der Waals surface area contributed by atoms with Gasteiger partial charge in [0.2, 0.25) is 0 Å². The Balaban J connectivity index is 3.11. The molecule has 0 aromatic heterocycles. The average Bonchev–Trinajstić information content (AvgIpc) is 2.52. The number of benzene rings is 1. The van der Waals surface area contributed by atoms with Gasteiger partial charge in [0.05, 0.1) is 0 Å². The molecule has 0 atom stereocenters. The van der Waals surface area contributed by atoms with Crippen LogP contribution in [0.1, 0.15) is 58.6 Å². The van der Waals surface area contributed by atoms with Crippen LogP contribution in [0.3, 0.4) is 0 Å². The molecule has 0 heterocycles. The molecule has 0 radical (unpaired) electrons. The van der Waals surface area contributed by atoms with Crippen LogP contribution < -0.4 is 5.32 Å². The minimum Gasteiger partial charge on any atom is -0.376 e. The minimum absolute atomic E-state index is 0.143. The fourth-order valence-corrected chi connectivity index (χ4v) is 2.96. The van der Waals surface area contributed by atoms with Crippen LogP contribution in [0.4, 0.5) is 5.69 Å². The van der Waals surface area contributed by atoms with E-state index >= 15 is 0 Å². The molecule has 1 amide bonds. The minimum atomic E-state index is -0.346. The third-order valence-corrected chi connectivity index (χ3v) is 4.04. The van der Waals surface area contributed by atoms with Gasteiger partial charge in [-0.25, -0.2) is 0 Å². The number of aryl methyl sites for hydroxylation is 1. The van der Waals surface area contributed by atoms with Crippen molar-refractivity contribution >= 4 is 11.6 Å². The lowest BCUT2D eigenvalue weighted by Gasteiger charge is -2.25. The summed E-state index contributed by atoms with van der Waals surface area (Å²) in [5, 5.41) is 12.5. The zero-order chi connectivity index (χ0) is 19.9. The smallest absolute Gasteiger partial charge is 0.267 e. The van der Waals surface area contributed by atoms with E-state index in [9.17, 15) is 10.1 Å². The van der Waals surface area contributed by atoms with Gasteiger partial charge in [0, 0.05) is 25.0 Å². The Labute approximate surface area is 158 Å². The van der Waals surface area contributed by atoms with Crippen LogP contribution in [-0.2, 0) is 4.79 Å². The molecule has 0 fully saturated rings. The number of amides is 1. The third kappa shape index (κ3) is 6.55. The van der Waals surface area contributed by atoms with Gasteiger partial charge in [0.15, 0.2) is 0 Å². The highest BCUT2D eigenvalue weighted by molar-refractivity contribution is 6.07. The lowest BCUT2D eigenvalue weighted by molar-refractivity contribution is -0.112. The van der Waals surface area contributed by atoms with Crippen LogP contribution in [0.2, 0.25) is 0 Å². The Morgan fingerprint density at radius 3 is 2.19 bits per heavy atom. The highest BCUT2D eigenvalue weighted by atomic mass is 16.1. The average molecular weight is 356 g/mol. The Morgan fingerprint density at radius 1 is 1.15 bits per heavy atom. The molecule has 0 saturated heterocycles. The van der Waals surface area contributed by atoms with Crippen molar-refractivity contribution in [3.05, 3.63) is 41.1 Å². The second-order valence-corrected chi connectivity index (χ2v) is 8.04. The largest absolute Gasteiger partial charge is 0.376 e. The van der Waals surface area contributed by atoms with Crippen LogP contribution in [0.25, 0.3) is 0 Å². The lowest BCUT2D eigenvalue weighted by atomic mass is 9.98. The molecule has 4 nitrogen and oxygen atoms in total.